The summed E-state index contributed by atoms with van der Waals surface area (Å²) in [5, 5.41) is 9.81. The van der Waals surface area contributed by atoms with Crippen LogP contribution in [-0.4, -0.2) is 11.0 Å². The van der Waals surface area contributed by atoms with Gasteiger partial charge in [-0.25, -0.2) is 9.78 Å². The molecule has 0 bridgehead atoms. The van der Waals surface area contributed by atoms with E-state index in [1.54, 1.807) is 41.7 Å². The molecule has 5 aromatic rings. The van der Waals surface area contributed by atoms with Crippen LogP contribution in [-0.2, 0) is 0 Å². The molecule has 0 N–H and O–H groups in total. The molecule has 4 nitrogen and oxygen atoms in total. The van der Waals surface area contributed by atoms with E-state index in [2.05, 4.69) is 11.1 Å². The van der Waals surface area contributed by atoms with Crippen LogP contribution >= 0.6 is 22.7 Å². The predicted molar refractivity (Wildman–Crippen MR) is 124 cm³/mol. The minimum atomic E-state index is -0.386. The smallest absolute Gasteiger partial charge is 0.353 e. The van der Waals surface area contributed by atoms with Gasteiger partial charge in [-0.3, -0.25) is 0 Å². The number of nitriles is 1. The highest BCUT2D eigenvalue weighted by Gasteiger charge is 2.15. The zero-order valence-electron chi connectivity index (χ0n) is 16.1. The lowest BCUT2D eigenvalue weighted by Crippen LogP contribution is -2.06. The van der Waals surface area contributed by atoms with Crippen molar-refractivity contribution in [2.24, 2.45) is 0 Å². The summed E-state index contributed by atoms with van der Waals surface area (Å²) in [6.45, 7) is 0. The fourth-order valence-electron chi connectivity index (χ4n) is 3.15. The number of thiazole rings is 1. The first kappa shape index (κ1) is 19.2. The van der Waals surface area contributed by atoms with Crippen molar-refractivity contribution in [1.29, 1.82) is 5.26 Å². The molecular formula is C25H14N2O2S2. The highest BCUT2D eigenvalue weighted by atomic mass is 32.1. The maximum atomic E-state index is 12.6. The summed E-state index contributed by atoms with van der Waals surface area (Å²) in [6.07, 6.45) is 0. The third kappa shape index (κ3) is 3.97. The van der Waals surface area contributed by atoms with Crippen LogP contribution in [0.5, 0.6) is 5.75 Å². The van der Waals surface area contributed by atoms with Crippen molar-refractivity contribution in [3.8, 4) is 32.8 Å². The van der Waals surface area contributed by atoms with Crippen LogP contribution in [0.15, 0.2) is 84.9 Å². The Morgan fingerprint density at radius 3 is 2.26 bits per heavy atom. The van der Waals surface area contributed by atoms with Gasteiger partial charge in [0.15, 0.2) is 0 Å². The molecule has 0 spiro atoms. The summed E-state index contributed by atoms with van der Waals surface area (Å²) in [7, 11) is 0. The highest BCUT2D eigenvalue weighted by Crippen LogP contribution is 2.34. The van der Waals surface area contributed by atoms with Crippen LogP contribution in [0.2, 0.25) is 0 Å². The number of benzene rings is 3. The third-order valence-electron chi connectivity index (χ3n) is 4.72. The standard InChI is InChI=1S/C25H14N2O2S2/c26-15-16-5-7-17(8-6-16)18-9-11-19(12-10-18)29-25(28)23-14-13-22(30-23)24-27-20-3-1-2-4-21(20)31-24/h1-14H. The summed E-state index contributed by atoms with van der Waals surface area (Å²) in [5.41, 5.74) is 3.56. The molecule has 2 aromatic heterocycles. The molecule has 0 fully saturated rings. The third-order valence-corrected chi connectivity index (χ3v) is 6.99. The van der Waals surface area contributed by atoms with Gasteiger partial charge in [0.25, 0.3) is 0 Å². The monoisotopic (exact) mass is 438 g/mol. The first-order chi connectivity index (χ1) is 15.2. The van der Waals surface area contributed by atoms with Gasteiger partial charge in [0.05, 0.1) is 26.7 Å². The predicted octanol–water partition coefficient (Wildman–Crippen LogP) is 6.78. The van der Waals surface area contributed by atoms with Crippen molar-refractivity contribution < 1.29 is 9.53 Å². The number of carbonyl (C=O) groups excluding carboxylic acids is 1. The number of para-hydroxylation sites is 1. The van der Waals surface area contributed by atoms with E-state index in [1.807, 2.05) is 54.6 Å². The first-order valence-electron chi connectivity index (χ1n) is 9.48. The number of fused-ring (bicyclic) bond motifs is 1. The van der Waals surface area contributed by atoms with Gasteiger partial charge in [0.1, 0.15) is 15.6 Å². The molecule has 0 unspecified atom stereocenters. The lowest BCUT2D eigenvalue weighted by atomic mass is 10.0. The minimum absolute atomic E-state index is 0.386. The fraction of sp³-hybridized carbons (Fsp3) is 0. The number of esters is 1. The number of hydrogen-bond donors (Lipinski definition) is 0. The van der Waals surface area contributed by atoms with Crippen LogP contribution in [0.4, 0.5) is 0 Å². The topological polar surface area (TPSA) is 63.0 Å². The minimum Gasteiger partial charge on any atom is -0.422 e. The van der Waals surface area contributed by atoms with Gasteiger partial charge in [-0.1, -0.05) is 36.4 Å². The summed E-state index contributed by atoms with van der Waals surface area (Å²) in [5.74, 6) is 0.0980. The van der Waals surface area contributed by atoms with Crippen molar-refractivity contribution in [2.45, 2.75) is 0 Å². The van der Waals surface area contributed by atoms with Gasteiger partial charge in [-0.2, -0.15) is 5.26 Å². The molecule has 0 radical (unpaired) electrons. The van der Waals surface area contributed by atoms with Crippen molar-refractivity contribution in [1.82, 2.24) is 4.98 Å². The molecule has 6 heteroatoms. The Hall–Kier alpha value is -3.79. The number of carbonyl (C=O) groups is 1. The SMILES string of the molecule is N#Cc1ccc(-c2ccc(OC(=O)c3ccc(-c4nc5ccccc5s4)s3)cc2)cc1. The van der Waals surface area contributed by atoms with Crippen molar-refractivity contribution in [3.05, 3.63) is 95.4 Å². The Morgan fingerprint density at radius 1 is 0.839 bits per heavy atom. The molecule has 0 aliphatic rings. The maximum Gasteiger partial charge on any atom is 0.353 e. The van der Waals surface area contributed by atoms with Gasteiger partial charge >= 0.3 is 5.97 Å². The van der Waals surface area contributed by atoms with Gasteiger partial charge < -0.3 is 4.74 Å². The Balaban J connectivity index is 1.30. The summed E-state index contributed by atoms with van der Waals surface area (Å²) >= 11 is 2.99. The molecule has 2 heterocycles. The van der Waals surface area contributed by atoms with Crippen molar-refractivity contribution in [3.63, 3.8) is 0 Å². The molecule has 0 saturated heterocycles. The zero-order chi connectivity index (χ0) is 21.2. The van der Waals surface area contributed by atoms with Gasteiger partial charge in [-0.15, -0.1) is 22.7 Å². The normalized spacial score (nSPS) is 10.7. The number of rotatable bonds is 4. The Bertz CT molecular complexity index is 1390. The maximum absolute atomic E-state index is 12.6. The van der Waals surface area contributed by atoms with Gasteiger partial charge in [0, 0.05) is 0 Å². The van der Waals surface area contributed by atoms with E-state index < -0.39 is 0 Å². The second kappa shape index (κ2) is 8.15. The second-order valence-corrected chi connectivity index (χ2v) is 8.87. The first-order valence-corrected chi connectivity index (χ1v) is 11.1. The summed E-state index contributed by atoms with van der Waals surface area (Å²) in [6, 6.07) is 28.5. The quantitative estimate of drug-likeness (QED) is 0.229. The fourth-order valence-corrected chi connectivity index (χ4v) is 5.05. The van der Waals surface area contributed by atoms with Crippen molar-refractivity contribution >= 4 is 38.9 Å². The lowest BCUT2D eigenvalue weighted by molar-refractivity contribution is 0.0740. The molecule has 0 atom stereocenters. The van der Waals surface area contributed by atoms with Crippen LogP contribution in [0.25, 0.3) is 31.2 Å². The van der Waals surface area contributed by atoms with Crippen LogP contribution in [0, 0.1) is 11.3 Å². The number of nitrogens with zero attached hydrogens (tertiary/aromatic N) is 2. The van der Waals surface area contributed by atoms with E-state index in [0.717, 1.165) is 31.2 Å². The van der Waals surface area contributed by atoms with Gasteiger partial charge in [0.2, 0.25) is 0 Å². The van der Waals surface area contributed by atoms with E-state index in [1.165, 1.54) is 11.3 Å². The molecule has 0 aliphatic heterocycles. The summed E-state index contributed by atoms with van der Waals surface area (Å²) < 4.78 is 6.67. The average molecular weight is 439 g/mol. The molecule has 3 aromatic carbocycles. The molecular weight excluding hydrogens is 424 g/mol. The Labute approximate surface area is 186 Å². The zero-order valence-corrected chi connectivity index (χ0v) is 17.7. The summed E-state index contributed by atoms with van der Waals surface area (Å²) in [4.78, 5) is 18.7. The molecule has 5 rings (SSSR count). The lowest BCUT2D eigenvalue weighted by Gasteiger charge is -2.05. The second-order valence-electron chi connectivity index (χ2n) is 6.75. The van der Waals surface area contributed by atoms with E-state index >= 15 is 0 Å². The van der Waals surface area contributed by atoms with Crippen molar-refractivity contribution in [2.75, 3.05) is 0 Å². The largest absolute Gasteiger partial charge is 0.422 e. The number of thiophene rings is 1. The van der Waals surface area contributed by atoms with Crippen LogP contribution in [0.3, 0.4) is 0 Å². The Kier molecular flexibility index (Phi) is 5.04. The van der Waals surface area contributed by atoms with E-state index in [9.17, 15) is 4.79 Å². The van der Waals surface area contributed by atoms with E-state index in [4.69, 9.17) is 10.00 Å². The molecule has 31 heavy (non-hydrogen) atoms. The molecule has 0 saturated carbocycles. The molecule has 0 amide bonds. The number of aromatic nitrogens is 1. The van der Waals surface area contributed by atoms with E-state index in [-0.39, 0.29) is 5.97 Å². The number of hydrogen-bond acceptors (Lipinski definition) is 6. The highest BCUT2D eigenvalue weighted by molar-refractivity contribution is 7.26. The Morgan fingerprint density at radius 2 is 1.55 bits per heavy atom. The number of ether oxygens (including phenoxy) is 1. The van der Waals surface area contributed by atoms with Crippen LogP contribution in [0.1, 0.15) is 15.2 Å². The molecule has 0 aliphatic carbocycles. The van der Waals surface area contributed by atoms with Crippen LogP contribution < -0.4 is 4.74 Å². The van der Waals surface area contributed by atoms with Gasteiger partial charge in [-0.05, 0) is 59.7 Å². The average Bonchev–Trinajstić information content (AvgIpc) is 3.47. The molecule has 148 valence electrons. The van der Waals surface area contributed by atoms with E-state index in [0.29, 0.717) is 16.2 Å².